The molecule has 0 unspecified atom stereocenters. The Labute approximate surface area is 406 Å². The second-order valence-corrected chi connectivity index (χ2v) is 19.7. The number of rotatable bonds is 8. The number of hydrogen-bond donors (Lipinski definition) is 0. The Morgan fingerprint density at radius 3 is 1.27 bits per heavy atom. The van der Waals surface area contributed by atoms with Gasteiger partial charge in [0.25, 0.3) is 0 Å². The van der Waals surface area contributed by atoms with E-state index in [4.69, 9.17) is 39.9 Å². The summed E-state index contributed by atoms with van der Waals surface area (Å²) in [7, 11) is 0. The summed E-state index contributed by atoms with van der Waals surface area (Å²) < 4.78 is 0. The van der Waals surface area contributed by atoms with Gasteiger partial charge in [-0.25, -0.2) is 29.9 Å². The summed E-state index contributed by atoms with van der Waals surface area (Å²) in [6.45, 7) is 0. The molecular formula is C62H46N8. The Morgan fingerprint density at radius 1 is 0.314 bits per heavy atom. The molecule has 4 heterocycles. The average Bonchev–Trinajstić information content (AvgIpc) is 3.72. The molecule has 4 fully saturated rings. The quantitative estimate of drug-likeness (QED) is 0.149. The van der Waals surface area contributed by atoms with Crippen LogP contribution >= 0.6 is 0 Å². The van der Waals surface area contributed by atoms with E-state index in [0.29, 0.717) is 46.8 Å². The molecule has 0 amide bonds. The van der Waals surface area contributed by atoms with Crippen molar-refractivity contribution < 1.29 is 0 Å². The third-order valence-electron chi connectivity index (χ3n) is 15.7. The first kappa shape index (κ1) is 40.7. The molecule has 6 aromatic carbocycles. The van der Waals surface area contributed by atoms with Gasteiger partial charge >= 0.3 is 0 Å². The van der Waals surface area contributed by atoms with Crippen molar-refractivity contribution in [1.29, 1.82) is 0 Å². The predicted octanol–water partition coefficient (Wildman–Crippen LogP) is 13.9. The van der Waals surface area contributed by atoms with Gasteiger partial charge < -0.3 is 0 Å². The number of fused-ring (bicyclic) bond motifs is 3. The van der Waals surface area contributed by atoms with Crippen molar-refractivity contribution in [2.75, 3.05) is 0 Å². The number of aromatic nitrogens is 8. The number of nitrogens with zero attached hydrogens (tertiary/aromatic N) is 8. The maximum absolute atomic E-state index is 5.14. The number of benzene rings is 6. The molecule has 0 aliphatic heterocycles. The van der Waals surface area contributed by atoms with E-state index < -0.39 is 0 Å². The molecule has 0 saturated heterocycles. The fourth-order valence-electron chi connectivity index (χ4n) is 12.8. The molecule has 8 heteroatoms. The average molecular weight is 903 g/mol. The van der Waals surface area contributed by atoms with Crippen LogP contribution < -0.4 is 0 Å². The minimum atomic E-state index is -0.0220. The largest absolute Gasteiger partial charge is 0.263 e. The molecule has 4 aromatic heterocycles. The first-order valence-corrected chi connectivity index (χ1v) is 24.6. The second kappa shape index (κ2) is 16.4. The fourth-order valence-corrected chi connectivity index (χ4v) is 12.8. The predicted molar refractivity (Wildman–Crippen MR) is 276 cm³/mol. The van der Waals surface area contributed by atoms with Crippen molar-refractivity contribution in [2.24, 2.45) is 23.7 Å². The molecule has 10 aromatic rings. The van der Waals surface area contributed by atoms with E-state index in [2.05, 4.69) is 54.6 Å². The summed E-state index contributed by atoms with van der Waals surface area (Å²) in [4.78, 5) is 39.8. The van der Waals surface area contributed by atoms with Crippen LogP contribution in [0, 0.1) is 23.7 Å². The molecule has 5 aliphatic rings. The van der Waals surface area contributed by atoms with Crippen molar-refractivity contribution in [3.05, 3.63) is 206 Å². The summed E-state index contributed by atoms with van der Waals surface area (Å²) in [6, 6.07) is 61.3. The summed E-state index contributed by atoms with van der Waals surface area (Å²) >= 11 is 0. The van der Waals surface area contributed by atoms with E-state index in [0.717, 1.165) is 67.6 Å². The third-order valence-corrected chi connectivity index (χ3v) is 15.7. The van der Waals surface area contributed by atoms with Crippen molar-refractivity contribution >= 4 is 0 Å². The van der Waals surface area contributed by atoms with Gasteiger partial charge in [0.15, 0.2) is 34.9 Å². The van der Waals surface area contributed by atoms with Crippen LogP contribution in [0.1, 0.15) is 43.2 Å². The number of hydrogen-bond acceptors (Lipinski definition) is 8. The highest BCUT2D eigenvalue weighted by Gasteiger charge is 2.61. The van der Waals surface area contributed by atoms with Crippen molar-refractivity contribution in [1.82, 2.24) is 39.9 Å². The van der Waals surface area contributed by atoms with E-state index in [-0.39, 0.29) is 5.41 Å². The van der Waals surface area contributed by atoms with E-state index in [1.807, 2.05) is 140 Å². The highest BCUT2D eigenvalue weighted by atomic mass is 15.0. The van der Waals surface area contributed by atoms with E-state index >= 15 is 0 Å². The zero-order chi connectivity index (χ0) is 46.2. The lowest BCUT2D eigenvalue weighted by Crippen LogP contribution is -2.55. The van der Waals surface area contributed by atoms with Gasteiger partial charge in [0, 0.05) is 68.5 Å². The van der Waals surface area contributed by atoms with E-state index in [9.17, 15) is 0 Å². The normalized spacial score (nSPS) is 20.3. The van der Waals surface area contributed by atoms with Gasteiger partial charge in [-0.15, -0.1) is 0 Å². The molecule has 15 rings (SSSR count). The van der Waals surface area contributed by atoms with Crippen molar-refractivity contribution in [3.8, 4) is 102 Å². The summed E-state index contributed by atoms with van der Waals surface area (Å²) in [6.07, 6.45) is 12.4. The Balaban J connectivity index is 0.846. The lowest BCUT2D eigenvalue weighted by molar-refractivity contribution is -0.0399. The zero-order valence-corrected chi connectivity index (χ0v) is 38.4. The standard InChI is InChI=1S/C62H46N8/c1-5-13-40(14-6-1)56-65-57(41-15-7-2-8-16-41)68-60(67-56)46-23-26-55(64-37-46)45-21-24-51-52-33-44(22-25-53(52)62(54(51)34-45)49-28-38-27-39(30-49)31-50(62)29-38)47-32-48(36-63-35-47)61-69-58(42-17-9-3-10-18-42)66-59(70-61)43-19-11-4-12-20-43/h1-26,32-39,49-50H,27-31H2. The Hall–Kier alpha value is -8.36. The highest BCUT2D eigenvalue weighted by Crippen LogP contribution is 2.69. The van der Waals surface area contributed by atoms with Gasteiger partial charge in [-0.3, -0.25) is 9.97 Å². The van der Waals surface area contributed by atoms with Crippen LogP contribution in [-0.2, 0) is 5.41 Å². The smallest absolute Gasteiger partial charge is 0.165 e. The molecular weight excluding hydrogens is 857 g/mol. The minimum Gasteiger partial charge on any atom is -0.263 e. The molecule has 334 valence electrons. The molecule has 4 saturated carbocycles. The van der Waals surface area contributed by atoms with Crippen LogP contribution in [0.4, 0.5) is 0 Å². The zero-order valence-electron chi connectivity index (χ0n) is 38.4. The van der Waals surface area contributed by atoms with Crippen molar-refractivity contribution in [2.45, 2.75) is 37.5 Å². The van der Waals surface area contributed by atoms with Crippen LogP contribution in [0.2, 0.25) is 0 Å². The molecule has 70 heavy (non-hydrogen) atoms. The Bertz CT molecular complexity index is 3460. The van der Waals surface area contributed by atoms with E-state index in [1.54, 1.807) is 0 Å². The molecule has 4 bridgehead atoms. The van der Waals surface area contributed by atoms with E-state index in [1.165, 1.54) is 54.4 Å². The second-order valence-electron chi connectivity index (χ2n) is 19.7. The minimum absolute atomic E-state index is 0.0220. The molecule has 8 nitrogen and oxygen atoms in total. The topological polar surface area (TPSA) is 103 Å². The van der Waals surface area contributed by atoms with Crippen molar-refractivity contribution in [3.63, 3.8) is 0 Å². The third kappa shape index (κ3) is 6.80. The molecule has 0 atom stereocenters. The monoisotopic (exact) mass is 902 g/mol. The molecule has 0 radical (unpaired) electrons. The summed E-state index contributed by atoms with van der Waals surface area (Å²) in [5, 5.41) is 0. The molecule has 0 N–H and O–H groups in total. The SMILES string of the molecule is c1ccc(-c2nc(-c3ccccc3)nc(-c3ccc(-c4ccc5c(c4)C4(c6ccc(-c7cncc(-c8nc(-c9ccccc9)nc(-c9ccccc9)n8)c7)cc6-5)C5CC6CC(C5)CC4C6)nc3)n2)cc1. The van der Waals surface area contributed by atoms with Crippen LogP contribution in [0.15, 0.2) is 195 Å². The van der Waals surface area contributed by atoms with Gasteiger partial charge in [0.05, 0.1) is 5.69 Å². The first-order chi connectivity index (χ1) is 34.6. The van der Waals surface area contributed by atoms with Gasteiger partial charge in [0.2, 0.25) is 0 Å². The Morgan fingerprint density at radius 2 is 0.771 bits per heavy atom. The number of pyridine rings is 2. The van der Waals surface area contributed by atoms with Crippen LogP contribution in [0.25, 0.3) is 102 Å². The lowest BCUT2D eigenvalue weighted by Gasteiger charge is -2.61. The summed E-state index contributed by atoms with van der Waals surface area (Å²) in [5.74, 6) is 6.65. The maximum atomic E-state index is 5.14. The lowest BCUT2D eigenvalue weighted by atomic mass is 9.43. The van der Waals surface area contributed by atoms with Crippen LogP contribution in [0.5, 0.6) is 0 Å². The van der Waals surface area contributed by atoms with Gasteiger partial charge in [-0.05, 0) is 114 Å². The summed E-state index contributed by atoms with van der Waals surface area (Å²) in [5.41, 5.74) is 15.3. The fraction of sp³-hybridized carbons (Fsp3) is 0.161. The molecule has 1 spiro atoms. The van der Waals surface area contributed by atoms with Crippen LogP contribution in [-0.4, -0.2) is 39.9 Å². The first-order valence-electron chi connectivity index (χ1n) is 24.6. The van der Waals surface area contributed by atoms with Gasteiger partial charge in [-0.2, -0.15) is 0 Å². The highest BCUT2D eigenvalue weighted by molar-refractivity contribution is 5.88. The van der Waals surface area contributed by atoms with Crippen LogP contribution in [0.3, 0.4) is 0 Å². The Kier molecular flexibility index (Phi) is 9.54. The maximum Gasteiger partial charge on any atom is 0.165 e. The van der Waals surface area contributed by atoms with Gasteiger partial charge in [0.1, 0.15) is 0 Å². The van der Waals surface area contributed by atoms with Gasteiger partial charge in [-0.1, -0.05) is 146 Å². The molecule has 5 aliphatic carbocycles.